The van der Waals surface area contributed by atoms with Gasteiger partial charge in [-0.15, -0.1) is 23.7 Å². The van der Waals surface area contributed by atoms with Crippen LogP contribution >= 0.6 is 35.3 Å². The van der Waals surface area contributed by atoms with Gasteiger partial charge in [0.05, 0.1) is 5.02 Å². The van der Waals surface area contributed by atoms with Gasteiger partial charge in [0.15, 0.2) is 0 Å². The lowest BCUT2D eigenvalue weighted by atomic mass is 10.2. The number of halogens is 2. The van der Waals surface area contributed by atoms with Crippen molar-refractivity contribution in [3.8, 4) is 10.6 Å². The van der Waals surface area contributed by atoms with E-state index in [4.69, 9.17) is 11.6 Å². The fraction of sp³-hybridized carbons (Fsp3) is 0.286. The van der Waals surface area contributed by atoms with Crippen molar-refractivity contribution in [2.75, 3.05) is 26.2 Å². The van der Waals surface area contributed by atoms with E-state index in [0.717, 1.165) is 36.8 Å². The van der Waals surface area contributed by atoms with Crippen molar-refractivity contribution in [3.05, 3.63) is 40.4 Å². The number of hydrogen-bond donors (Lipinski definition) is 1. The summed E-state index contributed by atoms with van der Waals surface area (Å²) < 4.78 is 0. The zero-order valence-electron chi connectivity index (χ0n) is 11.2. The zero-order valence-corrected chi connectivity index (χ0v) is 13.6. The van der Waals surface area contributed by atoms with Gasteiger partial charge < -0.3 is 10.2 Å². The van der Waals surface area contributed by atoms with Crippen LogP contribution in [0.4, 0.5) is 0 Å². The lowest BCUT2D eigenvalue weighted by molar-refractivity contribution is 0.0731. The molecule has 2 heterocycles. The number of benzene rings is 1. The summed E-state index contributed by atoms with van der Waals surface area (Å²) in [4.78, 5) is 18.6. The van der Waals surface area contributed by atoms with Crippen LogP contribution in [0.15, 0.2) is 29.6 Å². The van der Waals surface area contributed by atoms with Crippen LogP contribution in [0.3, 0.4) is 0 Å². The Morgan fingerprint density at radius 3 is 2.71 bits per heavy atom. The maximum Gasteiger partial charge on any atom is 0.273 e. The van der Waals surface area contributed by atoms with E-state index in [1.807, 2.05) is 34.5 Å². The first-order chi connectivity index (χ1) is 9.75. The summed E-state index contributed by atoms with van der Waals surface area (Å²) in [6.07, 6.45) is 0. The number of piperazine rings is 1. The van der Waals surface area contributed by atoms with Crippen LogP contribution < -0.4 is 5.32 Å². The molecule has 3 rings (SSSR count). The van der Waals surface area contributed by atoms with Gasteiger partial charge in [0, 0.05) is 37.1 Å². The van der Waals surface area contributed by atoms with Crippen molar-refractivity contribution in [1.82, 2.24) is 15.2 Å². The zero-order chi connectivity index (χ0) is 13.9. The lowest BCUT2D eigenvalue weighted by Crippen LogP contribution is -2.46. The molecule has 1 N–H and O–H groups in total. The van der Waals surface area contributed by atoms with Gasteiger partial charge in [0.1, 0.15) is 10.7 Å². The molecule has 7 heteroatoms. The van der Waals surface area contributed by atoms with Crippen molar-refractivity contribution in [1.29, 1.82) is 0 Å². The highest BCUT2D eigenvalue weighted by Gasteiger charge is 2.21. The molecule has 1 aromatic carbocycles. The molecular formula is C14H15Cl2N3OS. The molecule has 21 heavy (non-hydrogen) atoms. The molecule has 0 saturated carbocycles. The predicted octanol–water partition coefficient (Wildman–Crippen LogP) is 2.93. The van der Waals surface area contributed by atoms with Crippen molar-refractivity contribution < 1.29 is 4.79 Å². The summed E-state index contributed by atoms with van der Waals surface area (Å²) in [5.41, 5.74) is 1.38. The third kappa shape index (κ3) is 3.55. The first kappa shape index (κ1) is 16.2. The van der Waals surface area contributed by atoms with E-state index in [9.17, 15) is 4.79 Å². The number of carbonyl (C=O) groups is 1. The molecule has 1 saturated heterocycles. The van der Waals surface area contributed by atoms with Gasteiger partial charge in [-0.2, -0.15) is 0 Å². The number of hydrogen-bond acceptors (Lipinski definition) is 4. The standard InChI is InChI=1S/C14H14ClN3OS.ClH/c15-11-4-2-1-3-10(11)13-17-12(9-20-13)14(19)18-7-5-16-6-8-18;/h1-4,9,16H,5-8H2;1H. The molecule has 4 nitrogen and oxygen atoms in total. The van der Waals surface area contributed by atoms with Gasteiger partial charge in [-0.3, -0.25) is 4.79 Å². The lowest BCUT2D eigenvalue weighted by Gasteiger charge is -2.26. The normalized spacial score (nSPS) is 14.6. The topological polar surface area (TPSA) is 45.2 Å². The van der Waals surface area contributed by atoms with Gasteiger partial charge >= 0.3 is 0 Å². The largest absolute Gasteiger partial charge is 0.335 e. The van der Waals surface area contributed by atoms with E-state index in [1.54, 1.807) is 0 Å². The smallest absolute Gasteiger partial charge is 0.273 e. The summed E-state index contributed by atoms with van der Waals surface area (Å²) >= 11 is 7.61. The van der Waals surface area contributed by atoms with Crippen LogP contribution in [0.1, 0.15) is 10.5 Å². The molecule has 1 aliphatic rings. The molecule has 0 aliphatic carbocycles. The Hall–Kier alpha value is -1.14. The second-order valence-electron chi connectivity index (χ2n) is 4.56. The molecule has 112 valence electrons. The summed E-state index contributed by atoms with van der Waals surface area (Å²) in [7, 11) is 0. The summed E-state index contributed by atoms with van der Waals surface area (Å²) in [6, 6.07) is 7.54. The van der Waals surface area contributed by atoms with Gasteiger partial charge in [0.2, 0.25) is 0 Å². The van der Waals surface area contributed by atoms with Gasteiger partial charge in [0.25, 0.3) is 5.91 Å². The van der Waals surface area contributed by atoms with Crippen LogP contribution in [0, 0.1) is 0 Å². The Morgan fingerprint density at radius 2 is 2.00 bits per heavy atom. The number of rotatable bonds is 2. The van der Waals surface area contributed by atoms with Crippen molar-refractivity contribution in [2.24, 2.45) is 0 Å². The molecule has 1 fully saturated rings. The van der Waals surface area contributed by atoms with E-state index in [1.165, 1.54) is 11.3 Å². The highest BCUT2D eigenvalue weighted by molar-refractivity contribution is 7.13. The Balaban J connectivity index is 0.00000161. The predicted molar refractivity (Wildman–Crippen MR) is 88.6 cm³/mol. The SMILES string of the molecule is Cl.O=C(c1csc(-c2ccccc2Cl)n1)N1CCNCC1. The van der Waals surface area contributed by atoms with Crippen LogP contribution in [0.25, 0.3) is 10.6 Å². The maximum absolute atomic E-state index is 12.3. The second-order valence-corrected chi connectivity index (χ2v) is 5.83. The van der Waals surface area contributed by atoms with Crippen LogP contribution in [0.5, 0.6) is 0 Å². The van der Waals surface area contributed by atoms with Crippen LogP contribution in [-0.4, -0.2) is 42.0 Å². The average Bonchev–Trinajstić information content (AvgIpc) is 2.97. The average molecular weight is 344 g/mol. The summed E-state index contributed by atoms with van der Waals surface area (Å²) in [5.74, 6) is 0.000976. The fourth-order valence-electron chi connectivity index (χ4n) is 2.16. The Morgan fingerprint density at radius 1 is 1.29 bits per heavy atom. The van der Waals surface area contributed by atoms with E-state index >= 15 is 0 Å². The molecule has 0 atom stereocenters. The molecule has 0 spiro atoms. The number of nitrogens with one attached hydrogen (secondary N) is 1. The Labute approximate surface area is 138 Å². The van der Waals surface area contributed by atoms with E-state index in [0.29, 0.717) is 10.7 Å². The first-order valence-electron chi connectivity index (χ1n) is 6.46. The molecular weight excluding hydrogens is 329 g/mol. The van der Waals surface area contributed by atoms with Crippen LogP contribution in [0.2, 0.25) is 5.02 Å². The summed E-state index contributed by atoms with van der Waals surface area (Å²) in [6.45, 7) is 3.15. The number of thiazole rings is 1. The second kappa shape index (κ2) is 7.22. The van der Waals surface area contributed by atoms with Crippen molar-refractivity contribution in [2.45, 2.75) is 0 Å². The number of amides is 1. The number of aromatic nitrogens is 1. The quantitative estimate of drug-likeness (QED) is 0.911. The highest BCUT2D eigenvalue weighted by atomic mass is 35.5. The monoisotopic (exact) mass is 343 g/mol. The van der Waals surface area contributed by atoms with E-state index in [-0.39, 0.29) is 18.3 Å². The fourth-order valence-corrected chi connectivity index (χ4v) is 3.27. The molecule has 1 aromatic heterocycles. The molecule has 0 radical (unpaired) electrons. The minimum Gasteiger partial charge on any atom is -0.335 e. The molecule has 0 unspecified atom stereocenters. The molecule has 2 aromatic rings. The molecule has 1 aliphatic heterocycles. The van der Waals surface area contributed by atoms with E-state index in [2.05, 4.69) is 10.3 Å². The molecule has 0 bridgehead atoms. The van der Waals surface area contributed by atoms with Gasteiger partial charge in [-0.25, -0.2) is 4.98 Å². The first-order valence-corrected chi connectivity index (χ1v) is 7.72. The third-order valence-electron chi connectivity index (χ3n) is 3.23. The number of carbonyl (C=O) groups excluding carboxylic acids is 1. The van der Waals surface area contributed by atoms with Crippen LogP contribution in [-0.2, 0) is 0 Å². The molecule has 1 amide bonds. The Kier molecular flexibility index (Phi) is 5.58. The van der Waals surface area contributed by atoms with E-state index < -0.39 is 0 Å². The van der Waals surface area contributed by atoms with Gasteiger partial charge in [-0.1, -0.05) is 29.8 Å². The summed E-state index contributed by atoms with van der Waals surface area (Å²) in [5, 5.41) is 6.48. The maximum atomic E-state index is 12.3. The number of nitrogens with zero attached hydrogens (tertiary/aromatic N) is 2. The Bertz CT molecular complexity index is 626. The minimum atomic E-state index is 0. The van der Waals surface area contributed by atoms with Crippen molar-refractivity contribution >= 4 is 41.3 Å². The third-order valence-corrected chi connectivity index (χ3v) is 4.44. The minimum absolute atomic E-state index is 0. The van der Waals surface area contributed by atoms with Crippen molar-refractivity contribution in [3.63, 3.8) is 0 Å². The highest BCUT2D eigenvalue weighted by Crippen LogP contribution is 2.30. The van der Waals surface area contributed by atoms with Gasteiger partial charge in [-0.05, 0) is 6.07 Å².